The second-order valence-electron chi connectivity index (χ2n) is 1.43. The summed E-state index contributed by atoms with van der Waals surface area (Å²) in [6.45, 7) is -1.28. The van der Waals surface area contributed by atoms with Gasteiger partial charge in [-0.25, -0.2) is 9.09 Å². The maximum atomic E-state index is 11.7. The van der Waals surface area contributed by atoms with Crippen molar-refractivity contribution in [3.8, 4) is 0 Å². The molecule has 0 radical (unpaired) electrons. The Balaban J connectivity index is 2.69. The van der Waals surface area contributed by atoms with Crippen molar-refractivity contribution in [1.82, 2.24) is 0 Å². The molecular formula is C2H2F3O3P. The lowest BCUT2D eigenvalue weighted by molar-refractivity contribution is -0.161. The molecule has 1 saturated heterocycles. The number of alkyl halides is 2. The summed E-state index contributed by atoms with van der Waals surface area (Å²) in [5.74, 6) is 0. The van der Waals surface area contributed by atoms with Gasteiger partial charge in [0.25, 0.3) is 0 Å². The fourth-order valence-corrected chi connectivity index (χ4v) is 1.09. The molecule has 0 N–H and O–H groups in total. The Morgan fingerprint density at radius 1 is 1.56 bits per heavy atom. The fourth-order valence-electron chi connectivity index (χ4n) is 0.364. The van der Waals surface area contributed by atoms with Crippen LogP contribution in [0.2, 0.25) is 0 Å². The van der Waals surface area contributed by atoms with Gasteiger partial charge in [-0.05, 0) is 0 Å². The van der Waals surface area contributed by atoms with Gasteiger partial charge in [-0.15, -0.1) is 4.20 Å². The molecule has 7 heteroatoms. The summed E-state index contributed by atoms with van der Waals surface area (Å²) in [5, 5.41) is 0. The van der Waals surface area contributed by atoms with Crippen molar-refractivity contribution in [3.63, 3.8) is 0 Å². The smallest absolute Gasteiger partial charge is 0.274 e. The molecule has 0 aromatic carbocycles. The van der Waals surface area contributed by atoms with Crippen LogP contribution in [0, 0.1) is 0 Å². The van der Waals surface area contributed by atoms with Gasteiger partial charge < -0.3 is 0 Å². The highest BCUT2D eigenvalue weighted by molar-refractivity contribution is 7.48. The highest BCUT2D eigenvalue weighted by Crippen LogP contribution is 2.59. The molecule has 1 heterocycles. The summed E-state index contributed by atoms with van der Waals surface area (Å²) in [6, 6.07) is 0. The SMILES string of the molecule is O=P1(F)OCC(F)(F)O1. The summed E-state index contributed by atoms with van der Waals surface area (Å²) in [4.78, 5) is 0. The van der Waals surface area contributed by atoms with Crippen molar-refractivity contribution in [2.45, 2.75) is 6.11 Å². The molecule has 1 aliphatic rings. The molecule has 0 aromatic rings. The van der Waals surface area contributed by atoms with Crippen LogP contribution < -0.4 is 0 Å². The third-order valence-corrected chi connectivity index (χ3v) is 1.55. The van der Waals surface area contributed by atoms with E-state index in [0.29, 0.717) is 0 Å². The van der Waals surface area contributed by atoms with Crippen LogP contribution >= 0.6 is 7.91 Å². The van der Waals surface area contributed by atoms with E-state index in [0.717, 1.165) is 0 Å². The maximum Gasteiger partial charge on any atom is 0.518 e. The van der Waals surface area contributed by atoms with Gasteiger partial charge in [0.05, 0.1) is 0 Å². The molecule has 0 aromatic heterocycles. The molecule has 0 amide bonds. The Morgan fingerprint density at radius 2 is 2.11 bits per heavy atom. The van der Waals surface area contributed by atoms with E-state index < -0.39 is 20.6 Å². The molecule has 1 atom stereocenters. The number of halogens is 3. The van der Waals surface area contributed by atoms with Crippen molar-refractivity contribution >= 4 is 7.91 Å². The molecule has 0 bridgehead atoms. The van der Waals surface area contributed by atoms with Crippen LogP contribution in [-0.4, -0.2) is 12.7 Å². The van der Waals surface area contributed by atoms with Crippen molar-refractivity contribution in [2.75, 3.05) is 6.61 Å². The lowest BCUT2D eigenvalue weighted by Gasteiger charge is -2.00. The molecule has 1 fully saturated rings. The van der Waals surface area contributed by atoms with Gasteiger partial charge in [-0.3, -0.25) is 4.52 Å². The van der Waals surface area contributed by atoms with Crippen LogP contribution in [-0.2, 0) is 13.6 Å². The first kappa shape index (κ1) is 7.05. The Morgan fingerprint density at radius 3 is 2.22 bits per heavy atom. The molecule has 3 nitrogen and oxygen atoms in total. The average molecular weight is 162 g/mol. The van der Waals surface area contributed by atoms with Crippen LogP contribution in [0.25, 0.3) is 0 Å². The molecule has 1 unspecified atom stereocenters. The van der Waals surface area contributed by atoms with E-state index in [4.69, 9.17) is 0 Å². The molecule has 1 aliphatic heterocycles. The Hall–Kier alpha value is -0.0600. The standard InChI is InChI=1S/C2H2F3O3P/c3-2(4)1-7-9(5,6)8-2/h1H2. The van der Waals surface area contributed by atoms with Crippen molar-refractivity contribution in [3.05, 3.63) is 0 Å². The van der Waals surface area contributed by atoms with Crippen LogP contribution in [0.15, 0.2) is 0 Å². The van der Waals surface area contributed by atoms with Gasteiger partial charge in [-0.2, -0.15) is 8.78 Å². The highest BCUT2D eigenvalue weighted by atomic mass is 31.2. The number of hydrogen-bond acceptors (Lipinski definition) is 3. The van der Waals surface area contributed by atoms with Crippen LogP contribution in [0.5, 0.6) is 0 Å². The highest BCUT2D eigenvalue weighted by Gasteiger charge is 2.50. The zero-order valence-electron chi connectivity index (χ0n) is 4.01. The molecule has 54 valence electrons. The van der Waals surface area contributed by atoms with Crippen LogP contribution in [0.3, 0.4) is 0 Å². The number of hydrogen-bond donors (Lipinski definition) is 0. The van der Waals surface area contributed by atoms with Crippen LogP contribution in [0.4, 0.5) is 13.0 Å². The van der Waals surface area contributed by atoms with E-state index in [2.05, 4.69) is 9.05 Å². The summed E-state index contributed by atoms with van der Waals surface area (Å²) < 4.78 is 51.5. The van der Waals surface area contributed by atoms with Crippen molar-refractivity contribution in [2.24, 2.45) is 0 Å². The van der Waals surface area contributed by atoms with Gasteiger partial charge >= 0.3 is 14.0 Å². The van der Waals surface area contributed by atoms with Gasteiger partial charge in [-0.1, -0.05) is 0 Å². The lowest BCUT2D eigenvalue weighted by Crippen LogP contribution is -2.16. The monoisotopic (exact) mass is 162 g/mol. The minimum absolute atomic E-state index is 1.28. The van der Waals surface area contributed by atoms with Gasteiger partial charge in [0.1, 0.15) is 0 Å². The lowest BCUT2D eigenvalue weighted by atomic mass is 10.7. The molecule has 9 heavy (non-hydrogen) atoms. The van der Waals surface area contributed by atoms with Crippen molar-refractivity contribution in [1.29, 1.82) is 0 Å². The first-order valence-electron chi connectivity index (χ1n) is 1.94. The quantitative estimate of drug-likeness (QED) is 0.508. The summed E-state index contributed by atoms with van der Waals surface area (Å²) in [5.41, 5.74) is 0. The Kier molecular flexibility index (Phi) is 1.34. The minimum atomic E-state index is -4.91. The minimum Gasteiger partial charge on any atom is -0.274 e. The zero-order valence-corrected chi connectivity index (χ0v) is 4.91. The van der Waals surface area contributed by atoms with E-state index in [-0.39, 0.29) is 0 Å². The average Bonchev–Trinajstić information content (AvgIpc) is 1.78. The van der Waals surface area contributed by atoms with Gasteiger partial charge in [0, 0.05) is 0 Å². The van der Waals surface area contributed by atoms with Gasteiger partial charge in [0.2, 0.25) is 0 Å². The second-order valence-corrected chi connectivity index (χ2v) is 2.73. The topological polar surface area (TPSA) is 35.5 Å². The third-order valence-electron chi connectivity index (χ3n) is 0.629. The van der Waals surface area contributed by atoms with E-state index in [1.165, 1.54) is 0 Å². The van der Waals surface area contributed by atoms with E-state index in [1.54, 1.807) is 0 Å². The zero-order chi connectivity index (χ0) is 7.12. The van der Waals surface area contributed by atoms with Gasteiger partial charge in [0.15, 0.2) is 6.61 Å². The van der Waals surface area contributed by atoms with Crippen molar-refractivity contribution < 1.29 is 26.6 Å². The predicted molar refractivity (Wildman–Crippen MR) is 20.7 cm³/mol. The fraction of sp³-hybridized carbons (Fsp3) is 1.00. The largest absolute Gasteiger partial charge is 0.518 e. The summed E-state index contributed by atoms with van der Waals surface area (Å²) in [6.07, 6.45) is -3.73. The second kappa shape index (κ2) is 1.71. The first-order valence-corrected chi connectivity index (χ1v) is 3.37. The predicted octanol–water partition coefficient (Wildman–Crippen LogP) is 1.70. The molecule has 0 aliphatic carbocycles. The first-order chi connectivity index (χ1) is 3.91. The normalized spacial score (nSPS) is 41.2. The van der Waals surface area contributed by atoms with Crippen LogP contribution in [0.1, 0.15) is 0 Å². The molecule has 1 rings (SSSR count). The summed E-state index contributed by atoms with van der Waals surface area (Å²) >= 11 is 0. The Bertz CT molecular complexity index is 168. The molecule has 0 saturated carbocycles. The van der Waals surface area contributed by atoms with E-state index in [9.17, 15) is 17.5 Å². The molecular weight excluding hydrogens is 160 g/mol. The summed E-state index contributed by atoms with van der Waals surface area (Å²) in [7, 11) is -4.91. The third kappa shape index (κ3) is 1.67. The molecule has 0 spiro atoms. The number of rotatable bonds is 0. The maximum absolute atomic E-state index is 11.7. The Labute approximate surface area is 48.4 Å². The van der Waals surface area contributed by atoms with E-state index >= 15 is 0 Å². The van der Waals surface area contributed by atoms with E-state index in [1.807, 2.05) is 0 Å².